The van der Waals surface area contributed by atoms with E-state index in [1.165, 1.54) is 12.8 Å². The third-order valence-electron chi connectivity index (χ3n) is 2.58. The van der Waals surface area contributed by atoms with E-state index in [0.717, 1.165) is 18.4 Å². The SMILES string of the molecule is CCCCCc1nc(-c2ccccc2Cl)no1. The van der Waals surface area contributed by atoms with Gasteiger partial charge in [-0.15, -0.1) is 0 Å². The minimum atomic E-state index is 0.571. The summed E-state index contributed by atoms with van der Waals surface area (Å²) in [5, 5.41) is 4.60. The molecule has 1 heterocycles. The topological polar surface area (TPSA) is 38.9 Å². The molecule has 0 atom stereocenters. The molecule has 90 valence electrons. The second-order valence-corrected chi connectivity index (χ2v) is 4.36. The zero-order chi connectivity index (χ0) is 12.1. The first kappa shape index (κ1) is 12.1. The summed E-state index contributed by atoms with van der Waals surface area (Å²) < 4.78 is 5.20. The second kappa shape index (κ2) is 5.82. The molecule has 1 aromatic heterocycles. The Balaban J connectivity index is 2.10. The van der Waals surface area contributed by atoms with Gasteiger partial charge in [0.1, 0.15) is 0 Å². The summed E-state index contributed by atoms with van der Waals surface area (Å²) in [5.41, 5.74) is 0.819. The summed E-state index contributed by atoms with van der Waals surface area (Å²) in [7, 11) is 0. The molecule has 0 unspecified atom stereocenters. The van der Waals surface area contributed by atoms with Gasteiger partial charge in [-0.3, -0.25) is 0 Å². The van der Waals surface area contributed by atoms with Gasteiger partial charge in [0.2, 0.25) is 11.7 Å². The van der Waals surface area contributed by atoms with Crippen LogP contribution in [0, 0.1) is 0 Å². The normalized spacial score (nSPS) is 10.7. The standard InChI is InChI=1S/C13H15ClN2O/c1-2-3-4-9-12-15-13(16-17-12)10-7-5-6-8-11(10)14/h5-8H,2-4,9H2,1H3. The van der Waals surface area contributed by atoms with Crippen molar-refractivity contribution in [2.45, 2.75) is 32.6 Å². The molecule has 0 bridgehead atoms. The number of benzene rings is 1. The Morgan fingerprint density at radius 2 is 2.06 bits per heavy atom. The van der Waals surface area contributed by atoms with E-state index in [1.807, 2.05) is 24.3 Å². The molecule has 1 aromatic carbocycles. The largest absolute Gasteiger partial charge is 0.339 e. The van der Waals surface area contributed by atoms with Gasteiger partial charge in [0.15, 0.2) is 0 Å². The zero-order valence-electron chi connectivity index (χ0n) is 9.82. The summed E-state index contributed by atoms with van der Waals surface area (Å²) in [6, 6.07) is 7.51. The van der Waals surface area contributed by atoms with Gasteiger partial charge in [0, 0.05) is 12.0 Å². The van der Waals surface area contributed by atoms with E-state index in [0.29, 0.717) is 16.7 Å². The average molecular weight is 251 g/mol. The molecule has 0 saturated heterocycles. The van der Waals surface area contributed by atoms with Gasteiger partial charge in [0.05, 0.1) is 5.02 Å². The van der Waals surface area contributed by atoms with Gasteiger partial charge >= 0.3 is 0 Å². The first-order valence-electron chi connectivity index (χ1n) is 5.88. The summed E-state index contributed by atoms with van der Waals surface area (Å²) in [6.45, 7) is 2.17. The molecule has 0 saturated carbocycles. The number of hydrogen-bond donors (Lipinski definition) is 0. The molecular weight excluding hydrogens is 236 g/mol. The highest BCUT2D eigenvalue weighted by molar-refractivity contribution is 6.33. The Kier molecular flexibility index (Phi) is 4.15. The maximum Gasteiger partial charge on any atom is 0.226 e. The minimum Gasteiger partial charge on any atom is -0.339 e. The van der Waals surface area contributed by atoms with Crippen LogP contribution in [0.2, 0.25) is 5.02 Å². The molecule has 4 heteroatoms. The van der Waals surface area contributed by atoms with Crippen LogP contribution in [-0.4, -0.2) is 10.1 Å². The van der Waals surface area contributed by atoms with Gasteiger partial charge in [0.25, 0.3) is 0 Å². The van der Waals surface area contributed by atoms with Crippen LogP contribution in [-0.2, 0) is 6.42 Å². The summed E-state index contributed by atoms with van der Waals surface area (Å²) in [5.74, 6) is 1.26. The van der Waals surface area contributed by atoms with Crippen LogP contribution in [0.5, 0.6) is 0 Å². The quantitative estimate of drug-likeness (QED) is 0.749. The van der Waals surface area contributed by atoms with Crippen molar-refractivity contribution in [3.63, 3.8) is 0 Å². The van der Waals surface area contributed by atoms with E-state index in [2.05, 4.69) is 17.1 Å². The van der Waals surface area contributed by atoms with Crippen molar-refractivity contribution in [3.05, 3.63) is 35.2 Å². The summed E-state index contributed by atoms with van der Waals surface area (Å²) in [6.07, 6.45) is 4.29. The van der Waals surface area contributed by atoms with Crippen LogP contribution in [0.1, 0.15) is 32.1 Å². The second-order valence-electron chi connectivity index (χ2n) is 3.95. The third-order valence-corrected chi connectivity index (χ3v) is 2.91. The Bertz CT molecular complexity index is 482. The van der Waals surface area contributed by atoms with Crippen LogP contribution in [0.4, 0.5) is 0 Å². The summed E-state index contributed by atoms with van der Waals surface area (Å²) in [4.78, 5) is 4.35. The predicted molar refractivity (Wildman–Crippen MR) is 68.0 cm³/mol. The number of unbranched alkanes of at least 4 members (excludes halogenated alkanes) is 2. The van der Waals surface area contributed by atoms with Crippen LogP contribution >= 0.6 is 11.6 Å². The van der Waals surface area contributed by atoms with E-state index in [-0.39, 0.29) is 0 Å². The van der Waals surface area contributed by atoms with Crippen molar-refractivity contribution in [1.29, 1.82) is 0 Å². The lowest BCUT2D eigenvalue weighted by molar-refractivity contribution is 0.374. The van der Waals surface area contributed by atoms with E-state index in [9.17, 15) is 0 Å². The number of nitrogens with zero attached hydrogens (tertiary/aromatic N) is 2. The molecule has 2 aromatic rings. The first-order valence-corrected chi connectivity index (χ1v) is 6.26. The van der Waals surface area contributed by atoms with E-state index >= 15 is 0 Å². The lowest BCUT2D eigenvalue weighted by atomic mass is 10.2. The van der Waals surface area contributed by atoms with Crippen molar-refractivity contribution < 1.29 is 4.52 Å². The van der Waals surface area contributed by atoms with E-state index in [4.69, 9.17) is 16.1 Å². The van der Waals surface area contributed by atoms with Gasteiger partial charge in [-0.05, 0) is 18.6 Å². The predicted octanol–water partition coefficient (Wildman–Crippen LogP) is 4.12. The molecule has 0 aliphatic heterocycles. The van der Waals surface area contributed by atoms with Crippen molar-refractivity contribution in [2.24, 2.45) is 0 Å². The monoisotopic (exact) mass is 250 g/mol. The number of halogens is 1. The lowest BCUT2D eigenvalue weighted by Crippen LogP contribution is -1.86. The Hall–Kier alpha value is -1.35. The van der Waals surface area contributed by atoms with Gasteiger partial charge in [-0.1, -0.05) is 48.7 Å². The minimum absolute atomic E-state index is 0.571. The van der Waals surface area contributed by atoms with Crippen molar-refractivity contribution >= 4 is 11.6 Å². The number of hydrogen-bond acceptors (Lipinski definition) is 3. The first-order chi connectivity index (χ1) is 8.31. The zero-order valence-corrected chi connectivity index (χ0v) is 10.6. The molecular formula is C13H15ClN2O. The van der Waals surface area contributed by atoms with Crippen LogP contribution in [0.3, 0.4) is 0 Å². The number of aryl methyl sites for hydroxylation is 1. The molecule has 0 spiro atoms. The van der Waals surface area contributed by atoms with Crippen LogP contribution in [0.25, 0.3) is 11.4 Å². The summed E-state index contributed by atoms with van der Waals surface area (Å²) >= 11 is 6.07. The van der Waals surface area contributed by atoms with Gasteiger partial charge in [-0.2, -0.15) is 4.98 Å². The van der Waals surface area contributed by atoms with Crippen molar-refractivity contribution in [1.82, 2.24) is 10.1 Å². The fraction of sp³-hybridized carbons (Fsp3) is 0.385. The van der Waals surface area contributed by atoms with Crippen LogP contribution in [0.15, 0.2) is 28.8 Å². The molecule has 0 aliphatic carbocycles. The molecule has 2 rings (SSSR count). The highest BCUT2D eigenvalue weighted by atomic mass is 35.5. The number of aromatic nitrogens is 2. The third kappa shape index (κ3) is 3.07. The number of rotatable bonds is 5. The van der Waals surface area contributed by atoms with Gasteiger partial charge < -0.3 is 4.52 Å². The fourth-order valence-corrected chi connectivity index (χ4v) is 1.85. The van der Waals surface area contributed by atoms with E-state index in [1.54, 1.807) is 0 Å². The molecule has 17 heavy (non-hydrogen) atoms. The van der Waals surface area contributed by atoms with Crippen LogP contribution < -0.4 is 0 Å². The molecule has 0 fully saturated rings. The molecule has 0 radical (unpaired) electrons. The highest BCUT2D eigenvalue weighted by Gasteiger charge is 2.10. The highest BCUT2D eigenvalue weighted by Crippen LogP contribution is 2.25. The maximum absolute atomic E-state index is 6.07. The lowest BCUT2D eigenvalue weighted by Gasteiger charge is -1.96. The fourth-order valence-electron chi connectivity index (χ4n) is 1.63. The Labute approximate surface area is 106 Å². The van der Waals surface area contributed by atoms with Crippen molar-refractivity contribution in [3.8, 4) is 11.4 Å². The van der Waals surface area contributed by atoms with Crippen molar-refractivity contribution in [2.75, 3.05) is 0 Å². The Morgan fingerprint density at radius 3 is 2.82 bits per heavy atom. The maximum atomic E-state index is 6.07. The average Bonchev–Trinajstić information content (AvgIpc) is 2.79. The van der Waals surface area contributed by atoms with Gasteiger partial charge in [-0.25, -0.2) is 0 Å². The molecule has 0 amide bonds. The Morgan fingerprint density at radius 1 is 1.24 bits per heavy atom. The smallest absolute Gasteiger partial charge is 0.226 e. The molecule has 0 N–H and O–H groups in total. The van der Waals surface area contributed by atoms with E-state index < -0.39 is 0 Å². The molecule has 0 aliphatic rings. The molecule has 3 nitrogen and oxygen atoms in total.